The lowest BCUT2D eigenvalue weighted by Crippen LogP contribution is -3.00. The lowest BCUT2D eigenvalue weighted by atomic mass is 10.0. The molecule has 0 saturated carbocycles. The van der Waals surface area contributed by atoms with Crippen molar-refractivity contribution in [2.75, 3.05) is 7.05 Å². The summed E-state index contributed by atoms with van der Waals surface area (Å²) in [5.74, 6) is -0.0702. The van der Waals surface area contributed by atoms with Gasteiger partial charge in [-0.3, -0.25) is 4.79 Å². The predicted molar refractivity (Wildman–Crippen MR) is 92.5 cm³/mol. The van der Waals surface area contributed by atoms with Crippen LogP contribution in [-0.2, 0) is 22.0 Å². The molecule has 0 saturated heterocycles. The summed E-state index contributed by atoms with van der Waals surface area (Å²) in [6.45, 7) is 0.623. The minimum absolute atomic E-state index is 0. The quantitative estimate of drug-likeness (QED) is 0.685. The van der Waals surface area contributed by atoms with Gasteiger partial charge in [0, 0.05) is 12.6 Å². The van der Waals surface area contributed by atoms with E-state index in [4.69, 9.17) is 4.18 Å². The minimum atomic E-state index is -0.449. The Bertz CT molecular complexity index is 908. The van der Waals surface area contributed by atoms with Crippen molar-refractivity contribution in [3.63, 3.8) is 0 Å². The van der Waals surface area contributed by atoms with Gasteiger partial charge in [0.15, 0.2) is 0 Å². The highest BCUT2D eigenvalue weighted by atomic mass is 35.5. The van der Waals surface area contributed by atoms with E-state index >= 15 is 0 Å². The number of hydrogen-bond acceptors (Lipinski definition) is 2. The Hall–Kier alpha value is -2.01. The smallest absolute Gasteiger partial charge is 0.251 e. The fraction of sp³-hybridized carbons (Fsp3) is 0.105. The van der Waals surface area contributed by atoms with E-state index in [0.717, 1.165) is 15.7 Å². The first kappa shape index (κ1) is 16.8. The fourth-order valence-corrected chi connectivity index (χ4v) is 4.88. The summed E-state index contributed by atoms with van der Waals surface area (Å²) in [7, 11) is 1.66. The zero-order valence-electron chi connectivity index (χ0n) is 13.1. The van der Waals surface area contributed by atoms with E-state index in [-0.39, 0.29) is 18.3 Å². The van der Waals surface area contributed by atoms with Gasteiger partial charge in [0.25, 0.3) is 5.91 Å². The van der Waals surface area contributed by atoms with Crippen LogP contribution in [0.4, 0.5) is 0 Å². The van der Waals surface area contributed by atoms with Crippen LogP contribution in [0.3, 0.4) is 0 Å². The van der Waals surface area contributed by atoms with Crippen LogP contribution in [-0.4, -0.2) is 13.0 Å². The molecular formula is C19H16ClNO2S. The minimum Gasteiger partial charge on any atom is -1.00 e. The molecule has 5 heteroatoms. The van der Waals surface area contributed by atoms with Crippen molar-refractivity contribution in [1.82, 2.24) is 5.32 Å². The average molecular weight is 358 g/mol. The Morgan fingerprint density at radius 1 is 1.00 bits per heavy atom. The summed E-state index contributed by atoms with van der Waals surface area (Å²) in [5.41, 5.74) is 1.92. The summed E-state index contributed by atoms with van der Waals surface area (Å²) in [6.07, 6.45) is 0. The molecule has 1 unspecified atom stereocenters. The second-order valence-corrected chi connectivity index (χ2v) is 7.03. The summed E-state index contributed by atoms with van der Waals surface area (Å²) in [4.78, 5) is 14.6. The van der Waals surface area contributed by atoms with Gasteiger partial charge < -0.3 is 17.7 Å². The van der Waals surface area contributed by atoms with E-state index in [0.29, 0.717) is 12.2 Å². The number of carbonyl (C=O) groups is 1. The molecule has 4 rings (SSSR count). The van der Waals surface area contributed by atoms with Crippen molar-refractivity contribution in [3.8, 4) is 0 Å². The normalized spacial score (nSPS) is 15.6. The second kappa shape index (κ2) is 6.85. The zero-order chi connectivity index (χ0) is 15.8. The van der Waals surface area contributed by atoms with Gasteiger partial charge in [-0.15, -0.1) is 0 Å². The molecular weight excluding hydrogens is 342 g/mol. The van der Waals surface area contributed by atoms with Gasteiger partial charge in [-0.25, -0.2) is 0 Å². The van der Waals surface area contributed by atoms with E-state index in [1.165, 1.54) is 10.5 Å². The molecule has 0 bridgehead atoms. The molecule has 1 aliphatic heterocycles. The summed E-state index contributed by atoms with van der Waals surface area (Å²) in [5, 5.41) is 4.77. The molecule has 122 valence electrons. The number of fused-ring (bicyclic) bond motifs is 2. The molecule has 3 aromatic rings. The van der Waals surface area contributed by atoms with Gasteiger partial charge in [-0.1, -0.05) is 42.5 Å². The third-order valence-corrected chi connectivity index (χ3v) is 5.93. The van der Waals surface area contributed by atoms with Gasteiger partial charge in [-0.05, 0) is 23.6 Å². The molecule has 0 radical (unpaired) electrons. The van der Waals surface area contributed by atoms with Crippen LogP contribution in [0.15, 0.2) is 70.5 Å². The number of hydrogen-bond donors (Lipinski definition) is 1. The topological polar surface area (TPSA) is 38.3 Å². The maximum absolute atomic E-state index is 12.3. The molecule has 3 aromatic carbocycles. The Kier molecular flexibility index (Phi) is 4.81. The van der Waals surface area contributed by atoms with Crippen LogP contribution >= 0.6 is 0 Å². The molecule has 1 atom stereocenters. The lowest BCUT2D eigenvalue weighted by molar-refractivity contribution is -0.0000132. The number of nitrogens with one attached hydrogen (secondary N) is 1. The summed E-state index contributed by atoms with van der Waals surface area (Å²) >= 11 is -0.449. The van der Waals surface area contributed by atoms with Crippen LogP contribution in [0.1, 0.15) is 15.9 Å². The van der Waals surface area contributed by atoms with Gasteiger partial charge in [0.1, 0.15) is 6.61 Å². The number of rotatable bonds is 2. The third kappa shape index (κ3) is 2.67. The van der Waals surface area contributed by atoms with Crippen molar-refractivity contribution in [2.24, 2.45) is 0 Å². The molecule has 0 aromatic heterocycles. The summed E-state index contributed by atoms with van der Waals surface area (Å²) in [6, 6.07) is 20.3. The molecule has 0 fully saturated rings. The van der Waals surface area contributed by atoms with Crippen molar-refractivity contribution in [1.29, 1.82) is 0 Å². The maximum Gasteiger partial charge on any atom is 0.251 e. The standard InChI is InChI=1S/C19H15NO2S.ClH/c1-20-19(21)15-9-4-7-13-8-5-11-17(18(13)15)23-16-10-3-2-6-14(16)12-22-23;/h2-11H,12H2,1H3;1H. The first-order valence-corrected chi connectivity index (χ1v) is 8.64. The lowest BCUT2D eigenvalue weighted by Gasteiger charge is -2.08. The van der Waals surface area contributed by atoms with Crippen molar-refractivity contribution >= 4 is 27.9 Å². The van der Waals surface area contributed by atoms with Crippen molar-refractivity contribution in [2.45, 2.75) is 16.4 Å². The fourth-order valence-electron chi connectivity index (χ4n) is 2.96. The molecule has 0 spiro atoms. The van der Waals surface area contributed by atoms with E-state index in [9.17, 15) is 4.79 Å². The first-order chi connectivity index (χ1) is 11.3. The first-order valence-electron chi connectivity index (χ1n) is 7.49. The highest BCUT2D eigenvalue weighted by Gasteiger charge is 2.39. The van der Waals surface area contributed by atoms with Gasteiger partial charge in [-0.2, -0.15) is 4.18 Å². The van der Waals surface area contributed by atoms with E-state index in [1.54, 1.807) is 7.05 Å². The Balaban J connectivity index is 0.00000169. The Morgan fingerprint density at radius 3 is 2.50 bits per heavy atom. The molecule has 1 aliphatic rings. The highest BCUT2D eigenvalue weighted by Crippen LogP contribution is 2.38. The average Bonchev–Trinajstić information content (AvgIpc) is 3.04. The molecule has 24 heavy (non-hydrogen) atoms. The van der Waals surface area contributed by atoms with Crippen LogP contribution in [0.5, 0.6) is 0 Å². The van der Waals surface area contributed by atoms with Crippen LogP contribution in [0, 0.1) is 0 Å². The number of amides is 1. The van der Waals surface area contributed by atoms with Crippen molar-refractivity contribution in [3.05, 3.63) is 71.8 Å². The number of halogens is 1. The third-order valence-electron chi connectivity index (χ3n) is 4.04. The highest BCUT2D eigenvalue weighted by molar-refractivity contribution is 7.93. The molecule has 1 heterocycles. The summed E-state index contributed by atoms with van der Waals surface area (Å²) < 4.78 is 6.08. The van der Waals surface area contributed by atoms with Crippen LogP contribution in [0.25, 0.3) is 10.8 Å². The van der Waals surface area contributed by atoms with E-state index in [1.807, 2.05) is 42.5 Å². The predicted octanol–water partition coefficient (Wildman–Crippen LogP) is 0.685. The van der Waals surface area contributed by atoms with E-state index < -0.39 is 11.2 Å². The van der Waals surface area contributed by atoms with Crippen LogP contribution < -0.4 is 17.7 Å². The van der Waals surface area contributed by atoms with Crippen LogP contribution in [0.2, 0.25) is 0 Å². The molecule has 0 aliphatic carbocycles. The molecule has 1 amide bonds. The maximum atomic E-state index is 12.3. The Morgan fingerprint density at radius 2 is 1.71 bits per heavy atom. The molecule has 1 N–H and O–H groups in total. The second-order valence-electron chi connectivity index (χ2n) is 5.38. The zero-order valence-corrected chi connectivity index (χ0v) is 14.7. The van der Waals surface area contributed by atoms with Crippen molar-refractivity contribution < 1.29 is 21.4 Å². The monoisotopic (exact) mass is 357 g/mol. The SMILES string of the molecule is CNC(=O)c1cccc2cccc([S+]3OCc4ccccc43)c12.[Cl-]. The van der Waals surface area contributed by atoms with Gasteiger partial charge >= 0.3 is 0 Å². The number of benzene rings is 3. The van der Waals surface area contributed by atoms with Gasteiger partial charge in [0.05, 0.1) is 10.9 Å². The number of carbonyl (C=O) groups excluding carboxylic acids is 1. The Labute approximate surface area is 150 Å². The van der Waals surface area contributed by atoms with Gasteiger partial charge in [0.2, 0.25) is 21.0 Å². The molecule has 3 nitrogen and oxygen atoms in total. The van der Waals surface area contributed by atoms with E-state index in [2.05, 4.69) is 23.5 Å². The largest absolute Gasteiger partial charge is 1.00 e.